The molecule has 0 saturated heterocycles. The molecule has 1 amide bonds. The second kappa shape index (κ2) is 8.74. The lowest BCUT2D eigenvalue weighted by Crippen LogP contribution is -2.29. The van der Waals surface area contributed by atoms with Crippen molar-refractivity contribution < 1.29 is 21.6 Å². The molecule has 0 unspecified atom stereocenters. The summed E-state index contributed by atoms with van der Waals surface area (Å²) in [5, 5.41) is 2.52. The molecule has 0 aliphatic carbocycles. The molecule has 9 heteroatoms. The number of anilines is 1. The lowest BCUT2D eigenvalue weighted by Gasteiger charge is -2.10. The van der Waals surface area contributed by atoms with E-state index in [1.165, 1.54) is 24.3 Å². The highest BCUT2D eigenvalue weighted by Crippen LogP contribution is 2.19. The number of hydrogen-bond acceptors (Lipinski definition) is 5. The van der Waals surface area contributed by atoms with Crippen molar-refractivity contribution in [3.05, 3.63) is 59.2 Å². The van der Waals surface area contributed by atoms with E-state index in [-0.39, 0.29) is 28.5 Å². The van der Waals surface area contributed by atoms with Gasteiger partial charge in [-0.3, -0.25) is 9.52 Å². The molecule has 0 bridgehead atoms. The Kier molecular flexibility index (Phi) is 6.84. The van der Waals surface area contributed by atoms with Crippen LogP contribution in [0.5, 0.6) is 0 Å². The lowest BCUT2D eigenvalue weighted by atomic mass is 10.1. The van der Waals surface area contributed by atoms with Crippen LogP contribution in [0.2, 0.25) is 0 Å². The summed E-state index contributed by atoms with van der Waals surface area (Å²) in [4.78, 5) is 12.1. The Morgan fingerprint density at radius 1 is 0.929 bits per heavy atom. The number of hydrogen-bond donors (Lipinski definition) is 2. The van der Waals surface area contributed by atoms with E-state index >= 15 is 0 Å². The predicted octanol–water partition coefficient (Wildman–Crippen LogP) is 2.27. The molecule has 0 atom stereocenters. The van der Waals surface area contributed by atoms with Crippen LogP contribution in [-0.4, -0.2) is 40.8 Å². The zero-order valence-corrected chi connectivity index (χ0v) is 17.7. The molecule has 2 rings (SSSR count). The summed E-state index contributed by atoms with van der Waals surface area (Å²) in [5.74, 6) is -0.581. The van der Waals surface area contributed by atoms with E-state index in [0.29, 0.717) is 5.69 Å². The average molecular weight is 425 g/mol. The fraction of sp³-hybridized carbons (Fsp3) is 0.316. The van der Waals surface area contributed by atoms with Crippen LogP contribution < -0.4 is 10.0 Å². The third-order valence-electron chi connectivity index (χ3n) is 4.32. The van der Waals surface area contributed by atoms with E-state index in [2.05, 4.69) is 10.0 Å². The quantitative estimate of drug-likeness (QED) is 0.676. The lowest BCUT2D eigenvalue weighted by molar-refractivity contribution is 0.0956. The van der Waals surface area contributed by atoms with Gasteiger partial charge >= 0.3 is 0 Å². The topological polar surface area (TPSA) is 109 Å². The number of sulfone groups is 1. The van der Waals surface area contributed by atoms with Gasteiger partial charge in [0.15, 0.2) is 9.84 Å². The van der Waals surface area contributed by atoms with Crippen molar-refractivity contribution in [1.82, 2.24) is 5.32 Å². The minimum Gasteiger partial charge on any atom is -0.351 e. The van der Waals surface area contributed by atoms with Crippen LogP contribution in [-0.2, 0) is 19.9 Å². The summed E-state index contributed by atoms with van der Waals surface area (Å²) in [5.41, 5.74) is 2.74. The van der Waals surface area contributed by atoms with E-state index in [4.69, 9.17) is 0 Å². The van der Waals surface area contributed by atoms with E-state index in [0.717, 1.165) is 11.1 Å². The Labute approximate surface area is 166 Å². The third-order valence-corrected chi connectivity index (χ3v) is 7.43. The highest BCUT2D eigenvalue weighted by atomic mass is 32.2. The predicted molar refractivity (Wildman–Crippen MR) is 110 cm³/mol. The molecule has 0 saturated carbocycles. The molecule has 152 valence electrons. The van der Waals surface area contributed by atoms with Gasteiger partial charge in [-0.25, -0.2) is 16.8 Å². The second-order valence-electron chi connectivity index (χ2n) is 6.42. The maximum Gasteiger partial charge on any atom is 0.261 e. The molecule has 0 fully saturated rings. The normalized spacial score (nSPS) is 11.8. The smallest absolute Gasteiger partial charge is 0.261 e. The minimum atomic E-state index is -3.79. The van der Waals surface area contributed by atoms with Crippen molar-refractivity contribution in [1.29, 1.82) is 0 Å². The van der Waals surface area contributed by atoms with Crippen LogP contribution in [0.3, 0.4) is 0 Å². The number of rotatable bonds is 8. The monoisotopic (exact) mass is 424 g/mol. The minimum absolute atomic E-state index is 0.00336. The van der Waals surface area contributed by atoms with Gasteiger partial charge in [-0.2, -0.15) is 0 Å². The van der Waals surface area contributed by atoms with Gasteiger partial charge in [-0.15, -0.1) is 0 Å². The van der Waals surface area contributed by atoms with Crippen LogP contribution in [0.15, 0.2) is 47.4 Å². The fourth-order valence-corrected chi connectivity index (χ4v) is 4.12. The number of carbonyl (C=O) groups is 1. The first-order valence-electron chi connectivity index (χ1n) is 8.73. The van der Waals surface area contributed by atoms with Gasteiger partial charge in [0.05, 0.1) is 10.6 Å². The molecule has 7 nitrogen and oxygen atoms in total. The van der Waals surface area contributed by atoms with Gasteiger partial charge in [0, 0.05) is 23.5 Å². The third kappa shape index (κ3) is 5.80. The van der Waals surface area contributed by atoms with E-state index in [9.17, 15) is 21.6 Å². The van der Waals surface area contributed by atoms with E-state index in [1.54, 1.807) is 19.1 Å². The first-order valence-corrected chi connectivity index (χ1v) is 12.0. The summed E-state index contributed by atoms with van der Waals surface area (Å²) >= 11 is 0. The van der Waals surface area contributed by atoms with Crippen molar-refractivity contribution in [2.45, 2.75) is 25.7 Å². The van der Waals surface area contributed by atoms with Crippen LogP contribution in [0.25, 0.3) is 0 Å². The Morgan fingerprint density at radius 2 is 1.57 bits per heavy atom. The first-order chi connectivity index (χ1) is 13.0. The molecule has 0 radical (unpaired) electrons. The Hall–Kier alpha value is -2.39. The molecule has 0 aliphatic heterocycles. The molecule has 2 aromatic rings. The summed E-state index contributed by atoms with van der Waals surface area (Å²) < 4.78 is 50.4. The van der Waals surface area contributed by atoms with Crippen molar-refractivity contribution in [2.24, 2.45) is 0 Å². The van der Waals surface area contributed by atoms with Crippen LogP contribution in [0.1, 0.15) is 28.4 Å². The second-order valence-corrected chi connectivity index (χ2v) is 10.6. The maximum atomic E-state index is 12.5. The van der Waals surface area contributed by atoms with Gasteiger partial charge in [0.1, 0.15) is 0 Å². The fourth-order valence-electron chi connectivity index (χ4n) is 2.37. The van der Waals surface area contributed by atoms with Gasteiger partial charge in [-0.1, -0.05) is 13.0 Å². The standard InChI is InChI=1S/C19H24N2O5S2/c1-4-27(23,24)12-11-20-19(22)16-6-9-18(10-7-16)28(25,26)21-17-8-5-14(2)15(3)13-17/h5-10,13,21H,4,11-12H2,1-3H3,(H,20,22). The molecule has 28 heavy (non-hydrogen) atoms. The van der Waals surface area contributed by atoms with Crippen molar-refractivity contribution >= 4 is 31.5 Å². The Morgan fingerprint density at radius 3 is 2.14 bits per heavy atom. The van der Waals surface area contributed by atoms with E-state index < -0.39 is 25.8 Å². The number of nitrogens with one attached hydrogen (secondary N) is 2. The molecule has 0 aliphatic rings. The van der Waals surface area contributed by atoms with Crippen molar-refractivity contribution in [2.75, 3.05) is 22.8 Å². The molecule has 0 aromatic heterocycles. The molecule has 2 aromatic carbocycles. The van der Waals surface area contributed by atoms with Crippen molar-refractivity contribution in [3.8, 4) is 0 Å². The molecule has 2 N–H and O–H groups in total. The number of carbonyl (C=O) groups excluding carboxylic acids is 1. The van der Waals surface area contributed by atoms with Crippen LogP contribution in [0.4, 0.5) is 5.69 Å². The van der Waals surface area contributed by atoms with Crippen LogP contribution in [0, 0.1) is 13.8 Å². The zero-order valence-electron chi connectivity index (χ0n) is 16.0. The number of amides is 1. The van der Waals surface area contributed by atoms with Gasteiger partial charge in [0.25, 0.3) is 15.9 Å². The first kappa shape index (κ1) is 21.9. The van der Waals surface area contributed by atoms with Gasteiger partial charge in [-0.05, 0) is 61.4 Å². The number of sulfonamides is 1. The summed E-state index contributed by atoms with van der Waals surface area (Å²) in [6.07, 6.45) is 0. The highest BCUT2D eigenvalue weighted by Gasteiger charge is 2.16. The number of benzene rings is 2. The van der Waals surface area contributed by atoms with Gasteiger partial charge in [0.2, 0.25) is 0 Å². The SMILES string of the molecule is CCS(=O)(=O)CCNC(=O)c1ccc(S(=O)(=O)Nc2ccc(C)c(C)c2)cc1. The zero-order chi connectivity index (χ0) is 20.9. The Balaban J connectivity index is 2.06. The maximum absolute atomic E-state index is 12.5. The van der Waals surface area contributed by atoms with Crippen LogP contribution >= 0.6 is 0 Å². The van der Waals surface area contributed by atoms with Crippen molar-refractivity contribution in [3.63, 3.8) is 0 Å². The van der Waals surface area contributed by atoms with Gasteiger partial charge < -0.3 is 5.32 Å². The Bertz CT molecular complexity index is 1060. The summed E-state index contributed by atoms with van der Waals surface area (Å²) in [7, 11) is -6.95. The summed E-state index contributed by atoms with van der Waals surface area (Å²) in [6.45, 7) is 5.38. The molecule has 0 heterocycles. The molecule has 0 spiro atoms. The molecular formula is C19H24N2O5S2. The molecular weight excluding hydrogens is 400 g/mol. The highest BCUT2D eigenvalue weighted by molar-refractivity contribution is 7.92. The summed E-state index contributed by atoms with van der Waals surface area (Å²) in [6, 6.07) is 10.7. The average Bonchev–Trinajstić information content (AvgIpc) is 2.64. The largest absolute Gasteiger partial charge is 0.351 e. The number of aryl methyl sites for hydroxylation is 2. The van der Waals surface area contributed by atoms with E-state index in [1.807, 2.05) is 19.9 Å².